The van der Waals surface area contributed by atoms with Gasteiger partial charge in [-0.2, -0.15) is 0 Å². The number of carbonyl (C=O) groups is 3. The molecule has 28 heavy (non-hydrogen) atoms. The van der Waals surface area contributed by atoms with Gasteiger partial charge in [-0.25, -0.2) is 0 Å². The molecule has 0 heterocycles. The number of methoxy groups -OCH3 is 2. The molecule has 2 aromatic rings. The van der Waals surface area contributed by atoms with Crippen molar-refractivity contribution in [3.8, 4) is 11.5 Å². The summed E-state index contributed by atoms with van der Waals surface area (Å²) < 4.78 is 10.7. The van der Waals surface area contributed by atoms with Gasteiger partial charge in [0.2, 0.25) is 0 Å². The second kappa shape index (κ2) is 7.64. The van der Waals surface area contributed by atoms with Crippen molar-refractivity contribution in [3.05, 3.63) is 70.3 Å². The third-order valence-electron chi connectivity index (χ3n) is 4.52. The Morgan fingerprint density at radius 2 is 1.71 bits per heavy atom. The molecule has 0 spiro atoms. The van der Waals surface area contributed by atoms with Gasteiger partial charge in [0.1, 0.15) is 11.5 Å². The predicted molar refractivity (Wildman–Crippen MR) is 107 cm³/mol. The summed E-state index contributed by atoms with van der Waals surface area (Å²) >= 11 is 0. The van der Waals surface area contributed by atoms with Crippen molar-refractivity contribution in [2.45, 2.75) is 13.8 Å². The van der Waals surface area contributed by atoms with Gasteiger partial charge in [0.05, 0.1) is 19.8 Å². The molecule has 0 amide bonds. The van der Waals surface area contributed by atoms with Crippen LogP contribution in [0.2, 0.25) is 0 Å². The average Bonchev–Trinajstić information content (AvgIpc) is 2.68. The Morgan fingerprint density at radius 3 is 2.36 bits per heavy atom. The van der Waals surface area contributed by atoms with Gasteiger partial charge in [-0.15, -0.1) is 0 Å². The molecule has 2 aromatic carbocycles. The predicted octanol–water partition coefficient (Wildman–Crippen LogP) is 4.08. The third kappa shape index (κ3) is 3.39. The van der Waals surface area contributed by atoms with Crippen molar-refractivity contribution in [3.63, 3.8) is 0 Å². The first-order chi connectivity index (χ1) is 13.4. The lowest BCUT2D eigenvalue weighted by atomic mass is 9.83. The number of rotatable bonds is 5. The van der Waals surface area contributed by atoms with E-state index < -0.39 is 0 Å². The van der Waals surface area contributed by atoms with Crippen LogP contribution in [0.3, 0.4) is 0 Å². The highest BCUT2D eigenvalue weighted by Crippen LogP contribution is 2.38. The van der Waals surface area contributed by atoms with Crippen molar-refractivity contribution in [2.24, 2.45) is 0 Å². The van der Waals surface area contributed by atoms with E-state index in [0.29, 0.717) is 22.6 Å². The summed E-state index contributed by atoms with van der Waals surface area (Å²) in [6, 6.07) is 8.57. The van der Waals surface area contributed by atoms with Crippen LogP contribution in [0.15, 0.2) is 42.5 Å². The SMILES string of the molecule is COc1cc(C)cc(/C=C/C(C)=O)c1C1=CC(=O)c2c(OC)cccc2C1=O. The molecule has 0 bridgehead atoms. The van der Waals surface area contributed by atoms with E-state index in [0.717, 1.165) is 5.56 Å². The fraction of sp³-hybridized carbons (Fsp3) is 0.174. The van der Waals surface area contributed by atoms with Gasteiger partial charge in [0.15, 0.2) is 17.3 Å². The Morgan fingerprint density at radius 1 is 1.00 bits per heavy atom. The largest absolute Gasteiger partial charge is 0.496 e. The van der Waals surface area contributed by atoms with E-state index in [4.69, 9.17) is 9.47 Å². The first-order valence-electron chi connectivity index (χ1n) is 8.72. The van der Waals surface area contributed by atoms with Crippen LogP contribution >= 0.6 is 0 Å². The lowest BCUT2D eigenvalue weighted by molar-refractivity contribution is -0.112. The summed E-state index contributed by atoms with van der Waals surface area (Å²) in [7, 11) is 2.96. The van der Waals surface area contributed by atoms with Crippen molar-refractivity contribution in [2.75, 3.05) is 14.2 Å². The topological polar surface area (TPSA) is 69.7 Å². The maximum Gasteiger partial charge on any atom is 0.194 e. The molecule has 5 nitrogen and oxygen atoms in total. The molecule has 3 rings (SSSR count). The zero-order valence-corrected chi connectivity index (χ0v) is 16.2. The minimum absolute atomic E-state index is 0.124. The van der Waals surface area contributed by atoms with Crippen molar-refractivity contribution in [1.82, 2.24) is 0 Å². The first-order valence-corrected chi connectivity index (χ1v) is 8.72. The van der Waals surface area contributed by atoms with Crippen LogP contribution in [-0.2, 0) is 4.79 Å². The van der Waals surface area contributed by atoms with Gasteiger partial charge in [0.25, 0.3) is 0 Å². The van der Waals surface area contributed by atoms with Crippen LogP contribution in [0.25, 0.3) is 11.6 Å². The summed E-state index contributed by atoms with van der Waals surface area (Å²) in [5, 5.41) is 0. The van der Waals surface area contributed by atoms with E-state index in [9.17, 15) is 14.4 Å². The second-order valence-electron chi connectivity index (χ2n) is 6.51. The number of Topliss-reactive ketones (excluding diaryl/α,β-unsaturated/α-hetero) is 1. The van der Waals surface area contributed by atoms with E-state index in [2.05, 4.69) is 0 Å². The molecule has 0 fully saturated rings. The lowest BCUT2D eigenvalue weighted by Gasteiger charge is -2.21. The third-order valence-corrected chi connectivity index (χ3v) is 4.52. The number of carbonyl (C=O) groups excluding carboxylic acids is 3. The van der Waals surface area contributed by atoms with Gasteiger partial charge >= 0.3 is 0 Å². The van der Waals surface area contributed by atoms with Crippen LogP contribution in [-0.4, -0.2) is 31.6 Å². The molecule has 1 aliphatic carbocycles. The molecule has 0 saturated carbocycles. The zero-order chi connectivity index (χ0) is 20.4. The Bertz CT molecular complexity index is 1060. The van der Waals surface area contributed by atoms with Gasteiger partial charge in [-0.3, -0.25) is 14.4 Å². The molecule has 0 N–H and O–H groups in total. The minimum atomic E-state index is -0.314. The monoisotopic (exact) mass is 376 g/mol. The Kier molecular flexibility index (Phi) is 5.27. The number of ether oxygens (including phenoxy) is 2. The van der Waals surface area contributed by atoms with Gasteiger partial charge < -0.3 is 9.47 Å². The number of fused-ring (bicyclic) bond motifs is 1. The van der Waals surface area contributed by atoms with Crippen molar-refractivity contribution in [1.29, 1.82) is 0 Å². The lowest BCUT2D eigenvalue weighted by Crippen LogP contribution is -2.18. The molecular formula is C23H20O5. The van der Waals surface area contributed by atoms with Crippen LogP contribution < -0.4 is 9.47 Å². The number of benzene rings is 2. The average molecular weight is 376 g/mol. The zero-order valence-electron chi connectivity index (χ0n) is 16.2. The Hall–Kier alpha value is -3.47. The second-order valence-corrected chi connectivity index (χ2v) is 6.51. The van der Waals surface area contributed by atoms with E-state index in [1.54, 1.807) is 30.3 Å². The van der Waals surface area contributed by atoms with E-state index in [-0.39, 0.29) is 34.0 Å². The molecule has 142 valence electrons. The fourth-order valence-corrected chi connectivity index (χ4v) is 3.31. The number of hydrogen-bond acceptors (Lipinski definition) is 5. The van der Waals surface area contributed by atoms with Crippen LogP contribution in [0.1, 0.15) is 44.3 Å². The van der Waals surface area contributed by atoms with E-state index in [1.165, 1.54) is 33.3 Å². The Labute approximate surface area is 163 Å². The molecule has 0 aromatic heterocycles. The van der Waals surface area contributed by atoms with Crippen molar-refractivity contribution < 1.29 is 23.9 Å². The highest BCUT2D eigenvalue weighted by molar-refractivity contribution is 6.39. The van der Waals surface area contributed by atoms with Crippen molar-refractivity contribution >= 4 is 29.0 Å². The highest BCUT2D eigenvalue weighted by atomic mass is 16.5. The molecule has 0 saturated heterocycles. The first kappa shape index (κ1) is 19.3. The fourth-order valence-electron chi connectivity index (χ4n) is 3.31. The molecule has 0 unspecified atom stereocenters. The summed E-state index contributed by atoms with van der Waals surface area (Å²) in [6.07, 6.45) is 4.36. The number of hydrogen-bond donors (Lipinski definition) is 0. The normalized spacial score (nSPS) is 13.4. The smallest absolute Gasteiger partial charge is 0.194 e. The van der Waals surface area contributed by atoms with E-state index in [1.807, 2.05) is 13.0 Å². The molecule has 5 heteroatoms. The molecule has 0 aliphatic heterocycles. The quantitative estimate of drug-likeness (QED) is 0.736. The van der Waals surface area contributed by atoms with Gasteiger partial charge in [0, 0.05) is 16.7 Å². The number of ketones is 3. The molecule has 0 radical (unpaired) electrons. The molecule has 0 atom stereocenters. The maximum absolute atomic E-state index is 13.3. The number of allylic oxidation sites excluding steroid dienone is 3. The summed E-state index contributed by atoms with van der Waals surface area (Å²) in [5.74, 6) is 0.0847. The van der Waals surface area contributed by atoms with Crippen LogP contribution in [0.5, 0.6) is 11.5 Å². The van der Waals surface area contributed by atoms with Crippen LogP contribution in [0.4, 0.5) is 0 Å². The minimum Gasteiger partial charge on any atom is -0.496 e. The number of aryl methyl sites for hydroxylation is 1. The highest BCUT2D eigenvalue weighted by Gasteiger charge is 2.31. The summed E-state index contributed by atoms with van der Waals surface area (Å²) in [6.45, 7) is 3.33. The van der Waals surface area contributed by atoms with Gasteiger partial charge in [-0.05, 0) is 49.3 Å². The molecule has 1 aliphatic rings. The summed E-state index contributed by atoms with van der Waals surface area (Å²) in [5.41, 5.74) is 2.78. The standard InChI is InChI=1S/C23H20O5/c1-13-10-15(9-8-14(2)24)21(20(11-13)28-4)17-12-18(25)22-16(23(17)26)6-5-7-19(22)27-3/h5-12H,1-4H3/b9-8+. The maximum atomic E-state index is 13.3. The molecular weight excluding hydrogens is 356 g/mol. The van der Waals surface area contributed by atoms with Crippen LogP contribution in [0, 0.1) is 6.92 Å². The van der Waals surface area contributed by atoms with E-state index >= 15 is 0 Å². The van der Waals surface area contributed by atoms with Gasteiger partial charge in [-0.1, -0.05) is 24.3 Å². The Balaban J connectivity index is 2.26. The summed E-state index contributed by atoms with van der Waals surface area (Å²) in [4.78, 5) is 37.5.